The molecule has 4 aromatic rings. The smallest absolute Gasteiger partial charge is 0.269 e. The molecule has 0 saturated heterocycles. The van der Waals surface area contributed by atoms with Crippen molar-refractivity contribution < 1.29 is 14.3 Å². The van der Waals surface area contributed by atoms with Crippen molar-refractivity contribution in [3.05, 3.63) is 95.2 Å². The Bertz CT molecular complexity index is 1350. The van der Waals surface area contributed by atoms with Crippen LogP contribution in [-0.2, 0) is 6.42 Å². The first-order valence-corrected chi connectivity index (χ1v) is 11.9. The highest BCUT2D eigenvalue weighted by atomic mass is 16.5. The maximum Gasteiger partial charge on any atom is 0.269 e. The van der Waals surface area contributed by atoms with Gasteiger partial charge in [-0.15, -0.1) is 0 Å². The molecule has 0 radical (unpaired) electrons. The highest BCUT2D eigenvalue weighted by Gasteiger charge is 2.27. The summed E-state index contributed by atoms with van der Waals surface area (Å²) < 4.78 is 11.7. The van der Waals surface area contributed by atoms with E-state index in [2.05, 4.69) is 16.9 Å². The fraction of sp³-hybridized carbons (Fsp3) is 0.207. The summed E-state index contributed by atoms with van der Waals surface area (Å²) in [5, 5.41) is 0. The fourth-order valence-corrected chi connectivity index (χ4v) is 4.15. The van der Waals surface area contributed by atoms with Crippen molar-refractivity contribution in [2.75, 3.05) is 17.7 Å². The normalized spacial score (nSPS) is 10.7. The van der Waals surface area contributed by atoms with E-state index in [-0.39, 0.29) is 23.3 Å². The van der Waals surface area contributed by atoms with Gasteiger partial charge in [0.25, 0.3) is 5.91 Å². The summed E-state index contributed by atoms with van der Waals surface area (Å²) in [7, 11) is 1.58. The number of carbonyl (C=O) groups is 1. The molecule has 0 aliphatic rings. The number of nitrogens with two attached hydrogens (primary N) is 1. The summed E-state index contributed by atoms with van der Waals surface area (Å²) in [5.41, 5.74) is 10.6. The fourth-order valence-electron chi connectivity index (χ4n) is 4.15. The maximum atomic E-state index is 14.2. The Balaban J connectivity index is 1.82. The van der Waals surface area contributed by atoms with Crippen molar-refractivity contribution in [3.63, 3.8) is 0 Å². The summed E-state index contributed by atoms with van der Waals surface area (Å²) >= 11 is 0. The molecule has 0 atom stereocenters. The molecule has 2 N–H and O–H groups in total. The minimum absolute atomic E-state index is 0.00135. The third-order valence-electron chi connectivity index (χ3n) is 5.86. The van der Waals surface area contributed by atoms with Crippen LogP contribution in [0.1, 0.15) is 40.4 Å². The number of aryl methyl sites for hydroxylation is 3. The summed E-state index contributed by atoms with van der Waals surface area (Å²) in [5.74, 6) is 0.701. The van der Waals surface area contributed by atoms with Crippen molar-refractivity contribution in [2.24, 2.45) is 0 Å². The zero-order valence-corrected chi connectivity index (χ0v) is 21.0. The van der Waals surface area contributed by atoms with Crippen molar-refractivity contribution in [1.29, 1.82) is 0 Å². The highest BCUT2D eigenvalue weighted by Crippen LogP contribution is 2.37. The molecule has 36 heavy (non-hydrogen) atoms. The monoisotopic (exact) mass is 482 g/mol. The number of amides is 1. The quantitative estimate of drug-likeness (QED) is 0.312. The lowest BCUT2D eigenvalue weighted by Crippen LogP contribution is -2.28. The molecular weight excluding hydrogens is 452 g/mol. The van der Waals surface area contributed by atoms with Gasteiger partial charge in [0.15, 0.2) is 11.5 Å². The molecule has 0 fully saturated rings. The molecule has 4 rings (SSSR count). The van der Waals surface area contributed by atoms with Crippen LogP contribution in [0, 0.1) is 13.8 Å². The van der Waals surface area contributed by atoms with Crippen LogP contribution >= 0.6 is 0 Å². The molecule has 0 unspecified atom stereocenters. The summed E-state index contributed by atoms with van der Waals surface area (Å²) in [6, 6.07) is 21.1. The van der Waals surface area contributed by atoms with Crippen LogP contribution in [0.4, 0.5) is 17.3 Å². The lowest BCUT2D eigenvalue weighted by atomic mass is 10.1. The number of nitrogens with zero attached hydrogens (tertiary/aromatic N) is 3. The standard InChI is InChI=1S/C29H30N4O3/c1-5-10-21-15-16-24(25(17-21)35-4)36-27-23(18-31-29(30)32-27)28(34)33(22-13-7-6-8-14-22)26-19(2)11-9-12-20(26)3/h6-9,11-18H,5,10H2,1-4H3,(H2,30,31,32). The Kier molecular flexibility index (Phi) is 7.49. The predicted octanol–water partition coefficient (Wildman–Crippen LogP) is 6.41. The van der Waals surface area contributed by atoms with E-state index >= 15 is 0 Å². The van der Waals surface area contributed by atoms with Gasteiger partial charge in [0.1, 0.15) is 5.56 Å². The minimum atomic E-state index is -0.338. The number of hydrogen-bond acceptors (Lipinski definition) is 6. The molecule has 7 heteroatoms. The lowest BCUT2D eigenvalue weighted by Gasteiger charge is -2.27. The van der Waals surface area contributed by atoms with E-state index in [0.717, 1.165) is 35.2 Å². The Hall–Kier alpha value is -4.39. The second kappa shape index (κ2) is 10.9. The number of aromatic nitrogens is 2. The molecule has 184 valence electrons. The Morgan fingerprint density at radius 1 is 0.972 bits per heavy atom. The molecule has 0 aliphatic heterocycles. The number of rotatable bonds is 8. The van der Waals surface area contributed by atoms with E-state index in [4.69, 9.17) is 15.2 Å². The molecular formula is C29H30N4O3. The number of anilines is 3. The Morgan fingerprint density at radius 2 is 1.69 bits per heavy atom. The van der Waals surface area contributed by atoms with Gasteiger partial charge >= 0.3 is 0 Å². The zero-order chi connectivity index (χ0) is 25.7. The first-order chi connectivity index (χ1) is 17.4. The van der Waals surface area contributed by atoms with Crippen LogP contribution in [-0.4, -0.2) is 23.0 Å². The summed E-state index contributed by atoms with van der Waals surface area (Å²) in [6.07, 6.45) is 3.34. The highest BCUT2D eigenvalue weighted by molar-refractivity contribution is 6.12. The number of benzene rings is 3. The second-order valence-corrected chi connectivity index (χ2v) is 8.50. The summed E-state index contributed by atoms with van der Waals surface area (Å²) in [6.45, 7) is 6.07. The van der Waals surface area contributed by atoms with Gasteiger partial charge in [0, 0.05) is 11.9 Å². The molecule has 0 aliphatic carbocycles. The predicted molar refractivity (Wildman–Crippen MR) is 142 cm³/mol. The van der Waals surface area contributed by atoms with Crippen molar-refractivity contribution >= 4 is 23.2 Å². The van der Waals surface area contributed by atoms with Crippen LogP contribution in [0.15, 0.2) is 72.9 Å². The second-order valence-electron chi connectivity index (χ2n) is 8.50. The van der Waals surface area contributed by atoms with Gasteiger partial charge in [-0.3, -0.25) is 9.69 Å². The molecule has 0 spiro atoms. The van der Waals surface area contributed by atoms with Gasteiger partial charge in [-0.05, 0) is 61.2 Å². The van der Waals surface area contributed by atoms with E-state index in [1.54, 1.807) is 12.0 Å². The largest absolute Gasteiger partial charge is 0.493 e. The Morgan fingerprint density at radius 3 is 2.36 bits per heavy atom. The Labute approximate surface area is 211 Å². The average Bonchev–Trinajstić information content (AvgIpc) is 2.87. The third kappa shape index (κ3) is 5.15. The van der Waals surface area contributed by atoms with Crippen molar-refractivity contribution in [2.45, 2.75) is 33.6 Å². The first kappa shape index (κ1) is 24.7. The van der Waals surface area contributed by atoms with Crippen molar-refractivity contribution in [3.8, 4) is 17.4 Å². The number of carbonyl (C=O) groups excluding carboxylic acids is 1. The van der Waals surface area contributed by atoms with E-state index in [0.29, 0.717) is 17.2 Å². The van der Waals surface area contributed by atoms with E-state index < -0.39 is 0 Å². The minimum Gasteiger partial charge on any atom is -0.493 e. The van der Waals surface area contributed by atoms with E-state index in [9.17, 15) is 4.79 Å². The van der Waals surface area contributed by atoms with Gasteiger partial charge in [0.2, 0.25) is 11.8 Å². The van der Waals surface area contributed by atoms with E-state index in [1.807, 2.05) is 80.6 Å². The topological polar surface area (TPSA) is 90.6 Å². The average molecular weight is 483 g/mol. The summed E-state index contributed by atoms with van der Waals surface area (Å²) in [4.78, 5) is 24.2. The lowest BCUT2D eigenvalue weighted by molar-refractivity contribution is 0.0995. The van der Waals surface area contributed by atoms with Gasteiger partial charge in [0.05, 0.1) is 12.8 Å². The SMILES string of the molecule is CCCc1ccc(Oc2nc(N)ncc2C(=O)N(c2ccccc2)c2c(C)cccc2C)c(OC)c1. The molecule has 7 nitrogen and oxygen atoms in total. The molecule has 0 saturated carbocycles. The van der Waals surface area contributed by atoms with E-state index in [1.165, 1.54) is 6.20 Å². The van der Waals surface area contributed by atoms with Crippen LogP contribution in [0.25, 0.3) is 0 Å². The van der Waals surface area contributed by atoms with Crippen LogP contribution in [0.2, 0.25) is 0 Å². The van der Waals surface area contributed by atoms with Gasteiger partial charge in [-0.1, -0.05) is 55.8 Å². The van der Waals surface area contributed by atoms with Crippen LogP contribution in [0.5, 0.6) is 17.4 Å². The molecule has 1 aromatic heterocycles. The third-order valence-corrected chi connectivity index (χ3v) is 5.86. The molecule has 3 aromatic carbocycles. The number of methoxy groups -OCH3 is 1. The number of hydrogen-bond donors (Lipinski definition) is 1. The van der Waals surface area contributed by atoms with Crippen LogP contribution in [0.3, 0.4) is 0 Å². The van der Waals surface area contributed by atoms with Gasteiger partial charge in [-0.25, -0.2) is 4.98 Å². The first-order valence-electron chi connectivity index (χ1n) is 11.9. The van der Waals surface area contributed by atoms with Gasteiger partial charge < -0.3 is 15.2 Å². The number of ether oxygens (including phenoxy) is 2. The van der Waals surface area contributed by atoms with Crippen LogP contribution < -0.4 is 20.1 Å². The number of para-hydroxylation sites is 2. The van der Waals surface area contributed by atoms with Gasteiger partial charge in [-0.2, -0.15) is 4.98 Å². The number of nitrogen functional groups attached to an aromatic ring is 1. The maximum absolute atomic E-state index is 14.2. The molecule has 0 bridgehead atoms. The zero-order valence-electron chi connectivity index (χ0n) is 21.0. The molecule has 1 amide bonds. The molecule has 1 heterocycles. The van der Waals surface area contributed by atoms with Crippen molar-refractivity contribution in [1.82, 2.24) is 9.97 Å².